The fraction of sp³-hybridized carbons (Fsp3) is 0.917. The molecule has 2 N–H and O–H groups in total. The Hall–Kier alpha value is -0.220. The normalized spacial score (nSPS) is 25.4. The molecule has 2 aliphatic rings. The van der Waals surface area contributed by atoms with E-state index < -0.39 is 0 Å². The standard InChI is InChI=1S/C12H22N2OS/c15-12(14-10-5-6-10)4-1-7-13-11-3-2-8-16-9-11/h10-11,13H,1-9H2,(H,14,15). The van der Waals surface area contributed by atoms with Crippen molar-refractivity contribution in [3.63, 3.8) is 0 Å². The van der Waals surface area contributed by atoms with E-state index in [1.807, 2.05) is 11.8 Å². The number of hydrogen-bond acceptors (Lipinski definition) is 3. The Morgan fingerprint density at radius 3 is 2.81 bits per heavy atom. The van der Waals surface area contributed by atoms with Gasteiger partial charge in [0.25, 0.3) is 0 Å². The molecule has 0 aromatic rings. The number of amides is 1. The van der Waals surface area contributed by atoms with Gasteiger partial charge < -0.3 is 10.6 Å². The van der Waals surface area contributed by atoms with Gasteiger partial charge in [-0.2, -0.15) is 11.8 Å². The number of carbonyl (C=O) groups is 1. The number of thioether (sulfide) groups is 1. The summed E-state index contributed by atoms with van der Waals surface area (Å²) in [4.78, 5) is 11.4. The lowest BCUT2D eigenvalue weighted by Crippen LogP contribution is -2.35. The lowest BCUT2D eigenvalue weighted by Gasteiger charge is -2.22. The highest BCUT2D eigenvalue weighted by atomic mass is 32.2. The summed E-state index contributed by atoms with van der Waals surface area (Å²) in [5, 5.41) is 6.57. The molecule has 2 rings (SSSR count). The van der Waals surface area contributed by atoms with Crippen LogP contribution in [0.1, 0.15) is 38.5 Å². The van der Waals surface area contributed by atoms with Gasteiger partial charge in [-0.15, -0.1) is 0 Å². The van der Waals surface area contributed by atoms with Gasteiger partial charge >= 0.3 is 0 Å². The molecule has 0 radical (unpaired) electrons. The molecule has 1 saturated heterocycles. The highest BCUT2D eigenvalue weighted by Crippen LogP contribution is 2.19. The predicted octanol–water partition coefficient (Wildman–Crippen LogP) is 1.53. The quantitative estimate of drug-likeness (QED) is 0.694. The van der Waals surface area contributed by atoms with Crippen LogP contribution < -0.4 is 10.6 Å². The molecular weight excluding hydrogens is 220 g/mol. The smallest absolute Gasteiger partial charge is 0.220 e. The first-order chi connectivity index (χ1) is 7.84. The van der Waals surface area contributed by atoms with Crippen molar-refractivity contribution in [1.82, 2.24) is 10.6 Å². The third kappa shape index (κ3) is 4.74. The molecule has 1 amide bonds. The first kappa shape index (κ1) is 12.2. The number of hydrogen-bond donors (Lipinski definition) is 2. The van der Waals surface area contributed by atoms with Gasteiger partial charge in [0.15, 0.2) is 0 Å². The van der Waals surface area contributed by atoms with Crippen molar-refractivity contribution in [1.29, 1.82) is 0 Å². The maximum absolute atomic E-state index is 11.4. The van der Waals surface area contributed by atoms with E-state index in [1.165, 1.54) is 37.2 Å². The molecule has 1 heterocycles. The van der Waals surface area contributed by atoms with E-state index in [9.17, 15) is 4.79 Å². The van der Waals surface area contributed by atoms with Crippen LogP contribution in [0.2, 0.25) is 0 Å². The van der Waals surface area contributed by atoms with Gasteiger partial charge in [0, 0.05) is 24.3 Å². The molecular formula is C12H22N2OS. The maximum atomic E-state index is 11.4. The van der Waals surface area contributed by atoms with E-state index in [0.29, 0.717) is 18.5 Å². The van der Waals surface area contributed by atoms with Gasteiger partial charge in [-0.3, -0.25) is 4.79 Å². The van der Waals surface area contributed by atoms with Crippen LogP contribution in [0.3, 0.4) is 0 Å². The van der Waals surface area contributed by atoms with E-state index >= 15 is 0 Å². The van der Waals surface area contributed by atoms with Gasteiger partial charge in [-0.1, -0.05) is 0 Å². The fourth-order valence-corrected chi connectivity index (χ4v) is 3.09. The number of carbonyl (C=O) groups excluding carboxylic acids is 1. The Morgan fingerprint density at radius 2 is 2.12 bits per heavy atom. The highest BCUT2D eigenvalue weighted by Gasteiger charge is 2.22. The molecule has 2 fully saturated rings. The molecule has 0 spiro atoms. The number of rotatable bonds is 6. The van der Waals surface area contributed by atoms with Crippen LogP contribution in [-0.4, -0.2) is 36.0 Å². The molecule has 0 aromatic heterocycles. The zero-order valence-electron chi connectivity index (χ0n) is 9.84. The van der Waals surface area contributed by atoms with Crippen molar-refractivity contribution in [3.05, 3.63) is 0 Å². The summed E-state index contributed by atoms with van der Waals surface area (Å²) in [5.41, 5.74) is 0. The van der Waals surface area contributed by atoms with E-state index in [0.717, 1.165) is 13.0 Å². The minimum absolute atomic E-state index is 0.238. The van der Waals surface area contributed by atoms with Crippen molar-refractivity contribution in [3.8, 4) is 0 Å². The highest BCUT2D eigenvalue weighted by molar-refractivity contribution is 7.99. The van der Waals surface area contributed by atoms with Gasteiger partial charge in [0.05, 0.1) is 0 Å². The summed E-state index contributed by atoms with van der Waals surface area (Å²) >= 11 is 2.04. The van der Waals surface area contributed by atoms with Crippen LogP contribution in [0, 0.1) is 0 Å². The summed E-state index contributed by atoms with van der Waals surface area (Å²) < 4.78 is 0. The second kappa shape index (κ2) is 6.50. The van der Waals surface area contributed by atoms with Crippen LogP contribution in [0.15, 0.2) is 0 Å². The molecule has 0 aromatic carbocycles. The van der Waals surface area contributed by atoms with Crippen molar-refractivity contribution in [2.24, 2.45) is 0 Å². The molecule has 1 unspecified atom stereocenters. The molecule has 1 saturated carbocycles. The van der Waals surface area contributed by atoms with E-state index in [-0.39, 0.29) is 5.91 Å². The Bertz CT molecular complexity index is 225. The van der Waals surface area contributed by atoms with Gasteiger partial charge in [0.1, 0.15) is 0 Å². The van der Waals surface area contributed by atoms with Crippen LogP contribution in [0.5, 0.6) is 0 Å². The summed E-state index contributed by atoms with van der Waals surface area (Å²) in [6.45, 7) is 0.989. The lowest BCUT2D eigenvalue weighted by molar-refractivity contribution is -0.121. The minimum atomic E-state index is 0.238. The second-order valence-corrected chi connectivity index (χ2v) is 5.96. The average Bonchev–Trinajstić information content (AvgIpc) is 3.10. The largest absolute Gasteiger partial charge is 0.353 e. The molecule has 1 aliphatic carbocycles. The van der Waals surface area contributed by atoms with Crippen LogP contribution >= 0.6 is 11.8 Å². The monoisotopic (exact) mass is 242 g/mol. The number of nitrogens with one attached hydrogen (secondary N) is 2. The maximum Gasteiger partial charge on any atom is 0.220 e. The zero-order chi connectivity index (χ0) is 11.2. The van der Waals surface area contributed by atoms with Crippen LogP contribution in [-0.2, 0) is 4.79 Å². The first-order valence-corrected chi connectivity index (χ1v) is 7.60. The molecule has 92 valence electrons. The minimum Gasteiger partial charge on any atom is -0.353 e. The van der Waals surface area contributed by atoms with E-state index in [1.54, 1.807) is 0 Å². The SMILES string of the molecule is O=C(CCCNC1CCCSC1)NC1CC1. The fourth-order valence-electron chi connectivity index (χ4n) is 1.98. The molecule has 1 aliphatic heterocycles. The molecule has 1 atom stereocenters. The van der Waals surface area contributed by atoms with Gasteiger partial charge in [-0.05, 0) is 44.4 Å². The molecule has 4 heteroatoms. The summed E-state index contributed by atoms with van der Waals surface area (Å²) in [5.74, 6) is 2.80. The molecule has 16 heavy (non-hydrogen) atoms. The topological polar surface area (TPSA) is 41.1 Å². The van der Waals surface area contributed by atoms with E-state index in [2.05, 4.69) is 10.6 Å². The summed E-state index contributed by atoms with van der Waals surface area (Å²) in [7, 11) is 0. The Labute approximate surface area is 102 Å². The van der Waals surface area contributed by atoms with Crippen molar-refractivity contribution < 1.29 is 4.79 Å². The van der Waals surface area contributed by atoms with Crippen molar-refractivity contribution in [2.45, 2.75) is 50.6 Å². The second-order valence-electron chi connectivity index (χ2n) is 4.81. The third-order valence-electron chi connectivity index (χ3n) is 3.12. The third-order valence-corrected chi connectivity index (χ3v) is 4.33. The zero-order valence-corrected chi connectivity index (χ0v) is 10.7. The predicted molar refractivity (Wildman–Crippen MR) is 68.7 cm³/mol. The van der Waals surface area contributed by atoms with Crippen LogP contribution in [0.25, 0.3) is 0 Å². The summed E-state index contributed by atoms with van der Waals surface area (Å²) in [6.07, 6.45) is 6.67. The van der Waals surface area contributed by atoms with E-state index in [4.69, 9.17) is 0 Å². The average molecular weight is 242 g/mol. The lowest BCUT2D eigenvalue weighted by atomic mass is 10.2. The molecule has 3 nitrogen and oxygen atoms in total. The Balaban J connectivity index is 1.45. The molecule has 0 bridgehead atoms. The first-order valence-electron chi connectivity index (χ1n) is 6.45. The van der Waals surface area contributed by atoms with Gasteiger partial charge in [-0.25, -0.2) is 0 Å². The Morgan fingerprint density at radius 1 is 1.25 bits per heavy atom. The van der Waals surface area contributed by atoms with Crippen molar-refractivity contribution in [2.75, 3.05) is 18.1 Å². The van der Waals surface area contributed by atoms with Crippen LogP contribution in [0.4, 0.5) is 0 Å². The Kier molecular flexibility index (Phi) is 4.97. The summed E-state index contributed by atoms with van der Waals surface area (Å²) in [6, 6.07) is 1.19. The van der Waals surface area contributed by atoms with Crippen molar-refractivity contribution >= 4 is 17.7 Å². The van der Waals surface area contributed by atoms with Gasteiger partial charge in [0.2, 0.25) is 5.91 Å².